The topological polar surface area (TPSA) is 80.9 Å². The van der Waals surface area contributed by atoms with E-state index >= 15 is 0 Å². The van der Waals surface area contributed by atoms with Crippen molar-refractivity contribution < 1.29 is 4.79 Å². The summed E-state index contributed by atoms with van der Waals surface area (Å²) in [5.74, 6) is 0.494. The van der Waals surface area contributed by atoms with E-state index in [1.54, 1.807) is 0 Å². The highest BCUT2D eigenvalue weighted by molar-refractivity contribution is 5.92. The molecule has 1 amide bonds. The summed E-state index contributed by atoms with van der Waals surface area (Å²) in [4.78, 5) is 19.6. The van der Waals surface area contributed by atoms with Crippen molar-refractivity contribution in [1.29, 1.82) is 0 Å². The van der Waals surface area contributed by atoms with E-state index in [-0.39, 0.29) is 22.8 Å². The Balaban J connectivity index is 2.62. The van der Waals surface area contributed by atoms with Gasteiger partial charge < -0.3 is 11.1 Å². The van der Waals surface area contributed by atoms with Crippen LogP contribution in [0.5, 0.6) is 0 Å². The molecule has 17 heavy (non-hydrogen) atoms. The van der Waals surface area contributed by atoms with Crippen LogP contribution in [0.25, 0.3) is 0 Å². The molecule has 0 fully saturated rings. The van der Waals surface area contributed by atoms with E-state index in [1.807, 2.05) is 0 Å². The van der Waals surface area contributed by atoms with Gasteiger partial charge in [0.1, 0.15) is 11.5 Å². The van der Waals surface area contributed by atoms with Gasteiger partial charge in [-0.3, -0.25) is 9.78 Å². The van der Waals surface area contributed by atoms with Crippen LogP contribution in [-0.4, -0.2) is 22.4 Å². The van der Waals surface area contributed by atoms with Gasteiger partial charge in [0.05, 0.1) is 12.4 Å². The summed E-state index contributed by atoms with van der Waals surface area (Å²) in [6.07, 6.45) is 2.82. The molecular formula is C12H20N4O. The minimum absolute atomic E-state index is 0.0451. The van der Waals surface area contributed by atoms with Gasteiger partial charge in [-0.05, 0) is 11.3 Å². The average molecular weight is 236 g/mol. The van der Waals surface area contributed by atoms with Gasteiger partial charge in [0.25, 0.3) is 5.91 Å². The summed E-state index contributed by atoms with van der Waals surface area (Å²) in [5, 5.41) is 2.85. The molecular weight excluding hydrogens is 216 g/mol. The summed E-state index contributed by atoms with van der Waals surface area (Å²) in [5.41, 5.74) is 5.77. The van der Waals surface area contributed by atoms with Crippen LogP contribution in [-0.2, 0) is 0 Å². The smallest absolute Gasteiger partial charge is 0.271 e. The molecule has 0 saturated heterocycles. The molecule has 5 heteroatoms. The van der Waals surface area contributed by atoms with Crippen molar-refractivity contribution in [2.45, 2.75) is 27.7 Å². The maximum atomic E-state index is 11.8. The Morgan fingerprint density at radius 2 is 2.12 bits per heavy atom. The Kier molecular flexibility index (Phi) is 4.04. The predicted molar refractivity (Wildman–Crippen MR) is 67.4 cm³/mol. The lowest BCUT2D eigenvalue weighted by Gasteiger charge is -2.29. The zero-order valence-corrected chi connectivity index (χ0v) is 10.8. The van der Waals surface area contributed by atoms with Crippen molar-refractivity contribution in [2.75, 3.05) is 12.3 Å². The number of hydrogen-bond acceptors (Lipinski definition) is 4. The number of nitrogen functional groups attached to an aromatic ring is 1. The number of hydrogen-bond donors (Lipinski definition) is 2. The van der Waals surface area contributed by atoms with E-state index in [4.69, 9.17) is 5.73 Å². The van der Waals surface area contributed by atoms with Crippen molar-refractivity contribution in [2.24, 2.45) is 11.3 Å². The Morgan fingerprint density at radius 1 is 1.47 bits per heavy atom. The highest BCUT2D eigenvalue weighted by Gasteiger charge is 2.23. The number of amides is 1. The second kappa shape index (κ2) is 5.12. The van der Waals surface area contributed by atoms with Gasteiger partial charge in [0.15, 0.2) is 0 Å². The van der Waals surface area contributed by atoms with Crippen LogP contribution in [0, 0.1) is 11.3 Å². The lowest BCUT2D eigenvalue weighted by atomic mass is 9.81. The van der Waals surface area contributed by atoms with Crippen molar-refractivity contribution >= 4 is 11.7 Å². The first-order valence-corrected chi connectivity index (χ1v) is 5.68. The summed E-state index contributed by atoms with van der Waals surface area (Å²) in [6.45, 7) is 9.09. The molecule has 0 saturated carbocycles. The van der Waals surface area contributed by atoms with Gasteiger partial charge in [-0.1, -0.05) is 27.7 Å². The third-order valence-electron chi connectivity index (χ3n) is 3.15. The van der Waals surface area contributed by atoms with Crippen LogP contribution in [0.3, 0.4) is 0 Å². The molecule has 0 aliphatic carbocycles. The second-order valence-electron chi connectivity index (χ2n) is 5.16. The SMILES string of the molecule is CC(C)C(C)(C)CNC(=O)c1cncc(N)n1. The fourth-order valence-corrected chi connectivity index (χ4v) is 1.09. The van der Waals surface area contributed by atoms with Crippen LogP contribution in [0.2, 0.25) is 0 Å². The number of anilines is 1. The van der Waals surface area contributed by atoms with Gasteiger partial charge in [-0.25, -0.2) is 4.98 Å². The number of carbonyl (C=O) groups excluding carboxylic acids is 1. The summed E-state index contributed by atoms with van der Waals surface area (Å²) in [6, 6.07) is 0. The fourth-order valence-electron chi connectivity index (χ4n) is 1.09. The lowest BCUT2D eigenvalue weighted by Crippen LogP contribution is -2.37. The Hall–Kier alpha value is -1.65. The highest BCUT2D eigenvalue weighted by Crippen LogP contribution is 2.24. The number of nitrogens with one attached hydrogen (secondary N) is 1. The highest BCUT2D eigenvalue weighted by atomic mass is 16.1. The monoisotopic (exact) mass is 236 g/mol. The third-order valence-corrected chi connectivity index (χ3v) is 3.15. The van der Waals surface area contributed by atoms with Crippen LogP contribution < -0.4 is 11.1 Å². The van der Waals surface area contributed by atoms with Crippen LogP contribution >= 0.6 is 0 Å². The zero-order valence-electron chi connectivity index (χ0n) is 10.8. The summed E-state index contributed by atoms with van der Waals surface area (Å²) in [7, 11) is 0. The maximum Gasteiger partial charge on any atom is 0.271 e. The standard InChI is InChI=1S/C12H20N4O/c1-8(2)12(3,4)7-15-11(17)9-5-14-6-10(13)16-9/h5-6,8H,7H2,1-4H3,(H2,13,16)(H,15,17). The Morgan fingerprint density at radius 3 is 2.65 bits per heavy atom. The molecule has 3 N–H and O–H groups in total. The van der Waals surface area contributed by atoms with Gasteiger partial charge in [-0.15, -0.1) is 0 Å². The maximum absolute atomic E-state index is 11.8. The van der Waals surface area contributed by atoms with E-state index in [9.17, 15) is 4.79 Å². The molecule has 1 rings (SSSR count). The Bertz CT molecular complexity index is 401. The van der Waals surface area contributed by atoms with Crippen LogP contribution in [0.4, 0.5) is 5.82 Å². The molecule has 0 aromatic carbocycles. The molecule has 94 valence electrons. The normalized spacial score (nSPS) is 11.6. The number of nitrogens with zero attached hydrogens (tertiary/aromatic N) is 2. The Labute approximate surface area is 102 Å². The van der Waals surface area contributed by atoms with Gasteiger partial charge in [-0.2, -0.15) is 0 Å². The first-order chi connectivity index (χ1) is 7.83. The van der Waals surface area contributed by atoms with E-state index < -0.39 is 0 Å². The fraction of sp³-hybridized carbons (Fsp3) is 0.583. The van der Waals surface area contributed by atoms with E-state index in [0.29, 0.717) is 12.5 Å². The molecule has 1 aromatic rings. The second-order valence-corrected chi connectivity index (χ2v) is 5.16. The molecule has 0 aliphatic heterocycles. The van der Waals surface area contributed by atoms with Crippen LogP contribution in [0.15, 0.2) is 12.4 Å². The molecule has 0 bridgehead atoms. The molecule has 0 aliphatic rings. The minimum Gasteiger partial charge on any atom is -0.382 e. The van der Waals surface area contributed by atoms with E-state index in [2.05, 4.69) is 43.0 Å². The molecule has 0 radical (unpaired) electrons. The summed E-state index contributed by atoms with van der Waals surface area (Å²) < 4.78 is 0. The molecule has 0 unspecified atom stereocenters. The molecule has 5 nitrogen and oxygen atoms in total. The van der Waals surface area contributed by atoms with E-state index in [1.165, 1.54) is 12.4 Å². The van der Waals surface area contributed by atoms with E-state index in [0.717, 1.165) is 0 Å². The molecule has 1 heterocycles. The molecule has 0 spiro atoms. The van der Waals surface area contributed by atoms with Gasteiger partial charge in [0.2, 0.25) is 0 Å². The zero-order chi connectivity index (χ0) is 13.1. The first kappa shape index (κ1) is 13.4. The van der Waals surface area contributed by atoms with Gasteiger partial charge in [0, 0.05) is 6.54 Å². The summed E-state index contributed by atoms with van der Waals surface area (Å²) >= 11 is 0. The molecule has 1 aromatic heterocycles. The van der Waals surface area contributed by atoms with Crippen molar-refractivity contribution in [3.05, 3.63) is 18.1 Å². The van der Waals surface area contributed by atoms with Crippen molar-refractivity contribution in [1.82, 2.24) is 15.3 Å². The first-order valence-electron chi connectivity index (χ1n) is 5.68. The average Bonchev–Trinajstić information content (AvgIpc) is 2.25. The molecule has 0 atom stereocenters. The van der Waals surface area contributed by atoms with Gasteiger partial charge >= 0.3 is 0 Å². The lowest BCUT2D eigenvalue weighted by molar-refractivity contribution is 0.0919. The quantitative estimate of drug-likeness (QED) is 0.829. The number of nitrogens with two attached hydrogens (primary N) is 1. The number of rotatable bonds is 4. The van der Waals surface area contributed by atoms with Crippen LogP contribution in [0.1, 0.15) is 38.2 Å². The minimum atomic E-state index is -0.237. The van der Waals surface area contributed by atoms with Crippen molar-refractivity contribution in [3.63, 3.8) is 0 Å². The predicted octanol–water partition coefficient (Wildman–Crippen LogP) is 1.47. The largest absolute Gasteiger partial charge is 0.382 e. The number of carbonyl (C=O) groups is 1. The third kappa shape index (κ3) is 3.69. The van der Waals surface area contributed by atoms with Crippen molar-refractivity contribution in [3.8, 4) is 0 Å². The number of aromatic nitrogens is 2.